The molecule has 0 aliphatic heterocycles. The molecule has 0 bridgehead atoms. The molecule has 0 rings (SSSR count). The van der Waals surface area contributed by atoms with Gasteiger partial charge in [-0.25, -0.2) is 0 Å². The highest BCUT2D eigenvalue weighted by Gasteiger charge is 2.19. The topological polar surface area (TPSA) is 78.9 Å². The molecule has 0 aliphatic rings. The summed E-state index contributed by atoms with van der Waals surface area (Å²) < 4.78 is 16.9. The standard InChI is InChI=1S/C61H112O6/c1-4-7-10-13-16-19-22-25-27-29-30-32-34-37-40-43-46-49-52-55-61(64)67-58(56-65-59(62)53-50-47-44-41-38-35-24-21-18-15-12-9-6-3)57-66-60(63)54-51-48-45-42-39-36-33-31-28-26-23-20-17-14-11-8-5-2/h16,19,25-28,58H,4-15,17-18,20-24,29-57H2,1-3H3/b19-16-,27-25-,28-26-/t58-/m0/s1. The predicted octanol–water partition coefficient (Wildman–Crippen LogP) is 19.7. The maximum Gasteiger partial charge on any atom is 0.306 e. The van der Waals surface area contributed by atoms with Crippen molar-refractivity contribution >= 4 is 17.9 Å². The van der Waals surface area contributed by atoms with Crippen molar-refractivity contribution in [1.82, 2.24) is 0 Å². The molecule has 0 aliphatic carbocycles. The number of allylic oxidation sites excluding steroid dienone is 6. The largest absolute Gasteiger partial charge is 0.462 e. The van der Waals surface area contributed by atoms with Crippen molar-refractivity contribution in [1.29, 1.82) is 0 Å². The molecular formula is C61H112O6. The maximum atomic E-state index is 12.9. The minimum atomic E-state index is -0.773. The van der Waals surface area contributed by atoms with Crippen molar-refractivity contribution in [3.8, 4) is 0 Å². The summed E-state index contributed by atoms with van der Waals surface area (Å²) >= 11 is 0. The van der Waals surface area contributed by atoms with Crippen LogP contribution in [0.1, 0.15) is 316 Å². The Labute approximate surface area is 416 Å². The first kappa shape index (κ1) is 64.6. The fraction of sp³-hybridized carbons (Fsp3) is 0.852. The molecule has 0 spiro atoms. The van der Waals surface area contributed by atoms with Crippen LogP contribution in [-0.2, 0) is 28.6 Å². The lowest BCUT2D eigenvalue weighted by atomic mass is 10.0. The summed E-state index contributed by atoms with van der Waals surface area (Å²) in [6.45, 7) is 6.64. The van der Waals surface area contributed by atoms with Gasteiger partial charge in [-0.3, -0.25) is 14.4 Å². The van der Waals surface area contributed by atoms with Crippen LogP contribution in [0.2, 0.25) is 0 Å². The van der Waals surface area contributed by atoms with Crippen molar-refractivity contribution in [2.24, 2.45) is 0 Å². The maximum absolute atomic E-state index is 12.9. The van der Waals surface area contributed by atoms with Gasteiger partial charge in [0.2, 0.25) is 0 Å². The van der Waals surface area contributed by atoms with Crippen LogP contribution in [0.25, 0.3) is 0 Å². The molecule has 0 radical (unpaired) electrons. The molecule has 6 heteroatoms. The highest BCUT2D eigenvalue weighted by atomic mass is 16.6. The second-order valence-electron chi connectivity index (χ2n) is 19.9. The van der Waals surface area contributed by atoms with E-state index in [0.29, 0.717) is 19.3 Å². The lowest BCUT2D eigenvalue weighted by molar-refractivity contribution is -0.167. The lowest BCUT2D eigenvalue weighted by Crippen LogP contribution is -2.30. The van der Waals surface area contributed by atoms with Crippen LogP contribution in [0, 0.1) is 0 Å². The van der Waals surface area contributed by atoms with E-state index in [1.807, 2.05) is 0 Å². The summed E-state index contributed by atoms with van der Waals surface area (Å²) in [5, 5.41) is 0. The van der Waals surface area contributed by atoms with Crippen molar-refractivity contribution < 1.29 is 28.6 Å². The zero-order valence-corrected chi connectivity index (χ0v) is 44.9. The number of carbonyl (C=O) groups excluding carboxylic acids is 3. The molecule has 0 saturated heterocycles. The van der Waals surface area contributed by atoms with Crippen molar-refractivity contribution in [3.63, 3.8) is 0 Å². The van der Waals surface area contributed by atoms with E-state index in [2.05, 4.69) is 57.2 Å². The Morgan fingerprint density at radius 1 is 0.299 bits per heavy atom. The summed E-state index contributed by atoms with van der Waals surface area (Å²) in [5.41, 5.74) is 0. The second-order valence-corrected chi connectivity index (χ2v) is 19.9. The third-order valence-electron chi connectivity index (χ3n) is 13.1. The summed E-state index contributed by atoms with van der Waals surface area (Å²) in [5.74, 6) is -0.862. The van der Waals surface area contributed by atoms with E-state index in [4.69, 9.17) is 14.2 Å². The van der Waals surface area contributed by atoms with E-state index in [9.17, 15) is 14.4 Å². The van der Waals surface area contributed by atoms with Crippen LogP contribution in [0.5, 0.6) is 0 Å². The number of hydrogen-bond donors (Lipinski definition) is 0. The van der Waals surface area contributed by atoms with Crippen LogP contribution in [0.4, 0.5) is 0 Å². The summed E-state index contributed by atoms with van der Waals surface area (Å²) in [6.07, 6.45) is 67.0. The van der Waals surface area contributed by atoms with Gasteiger partial charge in [0.05, 0.1) is 0 Å². The van der Waals surface area contributed by atoms with Gasteiger partial charge < -0.3 is 14.2 Å². The molecule has 0 N–H and O–H groups in total. The fourth-order valence-corrected chi connectivity index (χ4v) is 8.65. The van der Waals surface area contributed by atoms with E-state index < -0.39 is 6.10 Å². The van der Waals surface area contributed by atoms with Crippen LogP contribution in [0.15, 0.2) is 36.5 Å². The molecule has 0 amide bonds. The third kappa shape index (κ3) is 54.4. The van der Waals surface area contributed by atoms with Crippen molar-refractivity contribution in [3.05, 3.63) is 36.5 Å². The number of hydrogen-bond acceptors (Lipinski definition) is 6. The average molecular weight is 942 g/mol. The van der Waals surface area contributed by atoms with E-state index in [-0.39, 0.29) is 31.1 Å². The van der Waals surface area contributed by atoms with Crippen LogP contribution < -0.4 is 0 Å². The normalized spacial score (nSPS) is 12.2. The van der Waals surface area contributed by atoms with Gasteiger partial charge in [0.15, 0.2) is 6.10 Å². The van der Waals surface area contributed by atoms with E-state index >= 15 is 0 Å². The van der Waals surface area contributed by atoms with Gasteiger partial charge in [0.25, 0.3) is 0 Å². The van der Waals surface area contributed by atoms with Gasteiger partial charge in [-0.1, -0.05) is 256 Å². The monoisotopic (exact) mass is 941 g/mol. The van der Waals surface area contributed by atoms with Crippen LogP contribution >= 0.6 is 0 Å². The van der Waals surface area contributed by atoms with E-state index in [1.165, 1.54) is 212 Å². The van der Waals surface area contributed by atoms with Crippen molar-refractivity contribution in [2.75, 3.05) is 13.2 Å². The number of rotatable bonds is 54. The Morgan fingerprint density at radius 2 is 0.537 bits per heavy atom. The van der Waals surface area contributed by atoms with Gasteiger partial charge in [-0.15, -0.1) is 0 Å². The van der Waals surface area contributed by atoms with E-state index in [1.54, 1.807) is 0 Å². The molecule has 0 saturated carbocycles. The smallest absolute Gasteiger partial charge is 0.306 e. The molecule has 6 nitrogen and oxygen atoms in total. The Kier molecular flexibility index (Phi) is 54.2. The molecular weight excluding hydrogens is 829 g/mol. The van der Waals surface area contributed by atoms with E-state index in [0.717, 1.165) is 64.2 Å². The third-order valence-corrected chi connectivity index (χ3v) is 13.1. The Hall–Kier alpha value is -2.37. The molecule has 67 heavy (non-hydrogen) atoms. The molecule has 0 aromatic carbocycles. The molecule has 0 fully saturated rings. The number of unbranched alkanes of at least 4 members (excludes halogenated alkanes) is 37. The second kappa shape index (κ2) is 56.2. The highest BCUT2D eigenvalue weighted by Crippen LogP contribution is 2.16. The van der Waals surface area contributed by atoms with Crippen LogP contribution in [-0.4, -0.2) is 37.2 Å². The molecule has 0 unspecified atom stereocenters. The van der Waals surface area contributed by atoms with Gasteiger partial charge in [-0.05, 0) is 77.0 Å². The number of esters is 3. The van der Waals surface area contributed by atoms with Gasteiger partial charge in [-0.2, -0.15) is 0 Å². The fourth-order valence-electron chi connectivity index (χ4n) is 8.65. The highest BCUT2D eigenvalue weighted by molar-refractivity contribution is 5.71. The number of carbonyl (C=O) groups is 3. The first-order valence-electron chi connectivity index (χ1n) is 29.5. The first-order chi connectivity index (χ1) is 33.0. The van der Waals surface area contributed by atoms with Gasteiger partial charge in [0.1, 0.15) is 13.2 Å². The first-order valence-corrected chi connectivity index (χ1v) is 29.5. The van der Waals surface area contributed by atoms with Gasteiger partial charge in [0, 0.05) is 19.3 Å². The molecule has 0 heterocycles. The lowest BCUT2D eigenvalue weighted by Gasteiger charge is -2.18. The molecule has 0 aromatic rings. The van der Waals surface area contributed by atoms with Crippen LogP contribution in [0.3, 0.4) is 0 Å². The number of ether oxygens (including phenoxy) is 3. The minimum absolute atomic E-state index is 0.0714. The van der Waals surface area contributed by atoms with Crippen molar-refractivity contribution in [2.45, 2.75) is 322 Å². The quantitative estimate of drug-likeness (QED) is 0.0262. The minimum Gasteiger partial charge on any atom is -0.462 e. The zero-order valence-electron chi connectivity index (χ0n) is 44.9. The zero-order chi connectivity index (χ0) is 48.6. The summed E-state index contributed by atoms with van der Waals surface area (Å²) in [7, 11) is 0. The van der Waals surface area contributed by atoms with Gasteiger partial charge >= 0.3 is 17.9 Å². The molecule has 1 atom stereocenters. The Morgan fingerprint density at radius 3 is 0.866 bits per heavy atom. The Balaban J connectivity index is 4.34. The Bertz CT molecular complexity index is 1130. The molecule has 392 valence electrons. The predicted molar refractivity (Wildman–Crippen MR) is 289 cm³/mol. The summed E-state index contributed by atoms with van der Waals surface area (Å²) in [6, 6.07) is 0. The SMILES string of the molecule is CCCCC/C=C\C/C=C\CCCCCCCCCCCC(=O)O[C@H](COC(=O)CCCCCCCCC/C=C\CCCCCCCC)COC(=O)CCCCCCCCCCCCCCC. The average Bonchev–Trinajstić information content (AvgIpc) is 3.33. The summed E-state index contributed by atoms with van der Waals surface area (Å²) in [4.78, 5) is 38.2. The molecule has 0 aromatic heterocycles.